The molecule has 4 nitrogen and oxygen atoms in total. The first-order valence-corrected chi connectivity index (χ1v) is 5.89. The number of aliphatic imine (C=N–C) groups is 1. The summed E-state index contributed by atoms with van der Waals surface area (Å²) in [6.45, 7) is 0. The highest BCUT2D eigenvalue weighted by Crippen LogP contribution is 2.36. The molecular formula is C14H12F3N3O. The van der Waals surface area contributed by atoms with Crippen LogP contribution in [0.5, 0.6) is 11.5 Å². The number of hydrogen-bond acceptors (Lipinski definition) is 2. The van der Waals surface area contributed by atoms with Crippen LogP contribution in [0.1, 0.15) is 5.56 Å². The van der Waals surface area contributed by atoms with Crippen LogP contribution in [0.25, 0.3) is 0 Å². The van der Waals surface area contributed by atoms with Gasteiger partial charge in [0, 0.05) is 6.07 Å². The molecular weight excluding hydrogens is 283 g/mol. The highest BCUT2D eigenvalue weighted by Gasteiger charge is 2.31. The molecule has 0 radical (unpaired) electrons. The van der Waals surface area contributed by atoms with Gasteiger partial charge < -0.3 is 16.2 Å². The van der Waals surface area contributed by atoms with E-state index in [-0.39, 0.29) is 17.4 Å². The summed E-state index contributed by atoms with van der Waals surface area (Å²) in [6.07, 6.45) is -4.52. The summed E-state index contributed by atoms with van der Waals surface area (Å²) in [7, 11) is 0. The Morgan fingerprint density at radius 3 is 2.19 bits per heavy atom. The van der Waals surface area contributed by atoms with E-state index in [0.717, 1.165) is 12.1 Å². The van der Waals surface area contributed by atoms with E-state index >= 15 is 0 Å². The first-order valence-electron chi connectivity index (χ1n) is 5.89. The van der Waals surface area contributed by atoms with Crippen molar-refractivity contribution < 1.29 is 17.9 Å². The molecule has 0 aliphatic heterocycles. The molecule has 2 aromatic rings. The Hall–Kier alpha value is -2.70. The van der Waals surface area contributed by atoms with Crippen LogP contribution in [0, 0.1) is 0 Å². The Labute approximate surface area is 118 Å². The van der Waals surface area contributed by atoms with E-state index in [9.17, 15) is 13.2 Å². The standard InChI is InChI=1S/C14H12F3N3O/c15-14(16,17)9-6-10(20-13(18)19)8-12(7-9)21-11-4-2-1-3-5-11/h1-8H,(H4,18,19,20). The maximum absolute atomic E-state index is 12.9. The third kappa shape index (κ3) is 4.13. The van der Waals surface area contributed by atoms with Crippen molar-refractivity contribution in [2.24, 2.45) is 16.5 Å². The zero-order chi connectivity index (χ0) is 15.5. The van der Waals surface area contributed by atoms with Crippen LogP contribution in [0.2, 0.25) is 0 Å². The smallest absolute Gasteiger partial charge is 0.416 e. The van der Waals surface area contributed by atoms with Crippen molar-refractivity contribution in [2.45, 2.75) is 6.18 Å². The molecule has 0 bridgehead atoms. The molecule has 4 N–H and O–H groups in total. The summed E-state index contributed by atoms with van der Waals surface area (Å²) in [5.41, 5.74) is 9.46. The summed E-state index contributed by atoms with van der Waals surface area (Å²) < 4.78 is 44.0. The van der Waals surface area contributed by atoms with Crippen LogP contribution < -0.4 is 16.2 Å². The maximum atomic E-state index is 12.9. The minimum absolute atomic E-state index is 0.00368. The van der Waals surface area contributed by atoms with Gasteiger partial charge in [-0.3, -0.25) is 0 Å². The van der Waals surface area contributed by atoms with Gasteiger partial charge >= 0.3 is 6.18 Å². The average molecular weight is 295 g/mol. The van der Waals surface area contributed by atoms with Crippen molar-refractivity contribution in [1.29, 1.82) is 0 Å². The molecule has 0 amide bonds. The number of ether oxygens (including phenoxy) is 1. The summed E-state index contributed by atoms with van der Waals surface area (Å²) in [6, 6.07) is 11.5. The average Bonchev–Trinajstić information content (AvgIpc) is 2.37. The molecule has 2 rings (SSSR count). The zero-order valence-electron chi connectivity index (χ0n) is 10.8. The lowest BCUT2D eigenvalue weighted by Gasteiger charge is -2.11. The summed E-state index contributed by atoms with van der Waals surface area (Å²) in [5, 5.41) is 0. The van der Waals surface area contributed by atoms with E-state index in [2.05, 4.69) is 4.99 Å². The maximum Gasteiger partial charge on any atom is 0.416 e. The highest BCUT2D eigenvalue weighted by atomic mass is 19.4. The number of nitrogens with zero attached hydrogens (tertiary/aromatic N) is 1. The molecule has 0 heterocycles. The highest BCUT2D eigenvalue weighted by molar-refractivity contribution is 5.79. The quantitative estimate of drug-likeness (QED) is 0.673. The summed E-state index contributed by atoms with van der Waals surface area (Å²) in [5.74, 6) is 0.0727. The van der Waals surface area contributed by atoms with Gasteiger partial charge in [-0.1, -0.05) is 18.2 Å². The van der Waals surface area contributed by atoms with Gasteiger partial charge in [0.15, 0.2) is 5.96 Å². The van der Waals surface area contributed by atoms with E-state index in [1.54, 1.807) is 30.3 Å². The first-order chi connectivity index (χ1) is 9.84. The fourth-order valence-electron chi connectivity index (χ4n) is 1.64. The second-order valence-corrected chi connectivity index (χ2v) is 4.17. The molecule has 0 fully saturated rings. The van der Waals surface area contributed by atoms with Crippen LogP contribution in [-0.2, 0) is 6.18 Å². The molecule has 2 aromatic carbocycles. The number of alkyl halides is 3. The minimum Gasteiger partial charge on any atom is -0.457 e. The van der Waals surface area contributed by atoms with Crippen molar-refractivity contribution in [1.82, 2.24) is 0 Å². The molecule has 0 saturated heterocycles. The number of nitrogens with two attached hydrogens (primary N) is 2. The largest absolute Gasteiger partial charge is 0.457 e. The Morgan fingerprint density at radius 1 is 0.952 bits per heavy atom. The second-order valence-electron chi connectivity index (χ2n) is 4.17. The van der Waals surface area contributed by atoms with Gasteiger partial charge in [-0.25, -0.2) is 4.99 Å². The lowest BCUT2D eigenvalue weighted by molar-refractivity contribution is -0.137. The van der Waals surface area contributed by atoms with Crippen molar-refractivity contribution in [3.63, 3.8) is 0 Å². The Morgan fingerprint density at radius 2 is 1.62 bits per heavy atom. The van der Waals surface area contributed by atoms with Gasteiger partial charge in [-0.15, -0.1) is 0 Å². The van der Waals surface area contributed by atoms with Gasteiger partial charge in [0.05, 0.1) is 11.3 Å². The molecule has 0 spiro atoms. The van der Waals surface area contributed by atoms with E-state index in [0.29, 0.717) is 5.75 Å². The van der Waals surface area contributed by atoms with Gasteiger partial charge in [-0.05, 0) is 24.3 Å². The number of para-hydroxylation sites is 1. The normalized spacial score (nSPS) is 11.0. The molecule has 7 heteroatoms. The van der Waals surface area contributed by atoms with Gasteiger partial charge in [0.2, 0.25) is 0 Å². The molecule has 0 atom stereocenters. The predicted molar refractivity (Wildman–Crippen MR) is 73.4 cm³/mol. The lowest BCUT2D eigenvalue weighted by Crippen LogP contribution is -2.21. The zero-order valence-corrected chi connectivity index (χ0v) is 10.8. The number of guanidine groups is 1. The lowest BCUT2D eigenvalue weighted by atomic mass is 10.2. The van der Waals surface area contributed by atoms with Crippen LogP contribution in [-0.4, -0.2) is 5.96 Å². The van der Waals surface area contributed by atoms with Crippen molar-refractivity contribution >= 4 is 11.6 Å². The molecule has 0 unspecified atom stereocenters. The first kappa shape index (κ1) is 14.7. The van der Waals surface area contributed by atoms with Crippen LogP contribution in [0.4, 0.5) is 18.9 Å². The molecule has 110 valence electrons. The Kier molecular flexibility index (Phi) is 4.02. The molecule has 0 saturated carbocycles. The van der Waals surface area contributed by atoms with Crippen molar-refractivity contribution in [3.8, 4) is 11.5 Å². The van der Waals surface area contributed by atoms with Crippen LogP contribution in [0.15, 0.2) is 53.5 Å². The van der Waals surface area contributed by atoms with E-state index in [4.69, 9.17) is 16.2 Å². The summed E-state index contributed by atoms with van der Waals surface area (Å²) in [4.78, 5) is 3.63. The number of benzene rings is 2. The minimum atomic E-state index is -4.52. The van der Waals surface area contributed by atoms with Crippen molar-refractivity contribution in [2.75, 3.05) is 0 Å². The fourth-order valence-corrected chi connectivity index (χ4v) is 1.64. The summed E-state index contributed by atoms with van der Waals surface area (Å²) >= 11 is 0. The third-order valence-electron chi connectivity index (χ3n) is 2.46. The van der Waals surface area contributed by atoms with Gasteiger partial charge in [0.25, 0.3) is 0 Å². The van der Waals surface area contributed by atoms with Crippen molar-refractivity contribution in [3.05, 3.63) is 54.1 Å². The third-order valence-corrected chi connectivity index (χ3v) is 2.46. The monoisotopic (exact) mass is 295 g/mol. The van der Waals surface area contributed by atoms with Gasteiger partial charge in [0.1, 0.15) is 11.5 Å². The predicted octanol–water partition coefficient (Wildman–Crippen LogP) is 3.40. The molecule has 0 aromatic heterocycles. The number of hydrogen-bond donors (Lipinski definition) is 2. The number of rotatable bonds is 3. The SMILES string of the molecule is NC(N)=Nc1cc(Oc2ccccc2)cc(C(F)(F)F)c1. The van der Waals surface area contributed by atoms with Gasteiger partial charge in [-0.2, -0.15) is 13.2 Å². The Bertz CT molecular complexity index is 650. The number of halogens is 3. The second kappa shape index (κ2) is 5.74. The molecule has 0 aliphatic rings. The van der Waals surface area contributed by atoms with Crippen LogP contribution >= 0.6 is 0 Å². The Balaban J connectivity index is 2.42. The topological polar surface area (TPSA) is 73.6 Å². The molecule has 0 aliphatic carbocycles. The van der Waals surface area contributed by atoms with Crippen LogP contribution in [0.3, 0.4) is 0 Å². The fraction of sp³-hybridized carbons (Fsp3) is 0.0714. The molecule has 21 heavy (non-hydrogen) atoms. The van der Waals surface area contributed by atoms with E-state index < -0.39 is 11.7 Å². The van der Waals surface area contributed by atoms with E-state index in [1.807, 2.05) is 0 Å². The van der Waals surface area contributed by atoms with E-state index in [1.165, 1.54) is 6.07 Å².